The zero-order valence-electron chi connectivity index (χ0n) is 17.0. The van der Waals surface area contributed by atoms with Gasteiger partial charge in [0.2, 0.25) is 0 Å². The van der Waals surface area contributed by atoms with Crippen molar-refractivity contribution in [1.82, 2.24) is 0 Å². The van der Waals surface area contributed by atoms with Gasteiger partial charge in [0, 0.05) is 4.47 Å². The molecule has 0 N–H and O–H groups in total. The van der Waals surface area contributed by atoms with E-state index >= 15 is 0 Å². The van der Waals surface area contributed by atoms with E-state index < -0.39 is 6.89 Å². The van der Waals surface area contributed by atoms with Crippen molar-refractivity contribution in [2.24, 2.45) is 0 Å². The molecule has 0 aromatic heterocycles. The van der Waals surface area contributed by atoms with Crippen molar-refractivity contribution < 1.29 is 0 Å². The van der Waals surface area contributed by atoms with Gasteiger partial charge >= 0.3 is 0 Å². The smallest absolute Gasteiger partial charge is 0.0175 e. The highest BCUT2D eigenvalue weighted by atomic mass is 79.9. The maximum atomic E-state index is 3.63. The van der Waals surface area contributed by atoms with Gasteiger partial charge in [-0.2, -0.15) is 0 Å². The standard InChI is InChI=1S/C29H22BrP/c30-25-18-20-28(21-19-25)31(26-13-3-1-4-14-26,27-15-5-2-6-16-27)22-24-12-9-11-23-10-7-8-17-29(23)24/h1-22H. The first-order chi connectivity index (χ1) is 15.3. The lowest BCUT2D eigenvalue weighted by Crippen LogP contribution is -2.27. The lowest BCUT2D eigenvalue weighted by Gasteiger charge is -2.29. The molecule has 0 nitrogen and oxygen atoms in total. The Hall–Kier alpha value is -2.86. The fourth-order valence-corrected chi connectivity index (χ4v) is 8.40. The summed E-state index contributed by atoms with van der Waals surface area (Å²) in [5.74, 6) is 2.54. The summed E-state index contributed by atoms with van der Waals surface area (Å²) in [7, 11) is 0. The van der Waals surface area contributed by atoms with E-state index in [1.165, 1.54) is 32.2 Å². The van der Waals surface area contributed by atoms with Crippen molar-refractivity contribution in [3.63, 3.8) is 0 Å². The second-order valence-corrected chi connectivity index (χ2v) is 11.7. The van der Waals surface area contributed by atoms with E-state index in [9.17, 15) is 0 Å². The number of benzene rings is 5. The zero-order valence-corrected chi connectivity index (χ0v) is 19.5. The first-order valence-corrected chi connectivity index (χ1v) is 13.0. The van der Waals surface area contributed by atoms with E-state index in [-0.39, 0.29) is 0 Å². The van der Waals surface area contributed by atoms with Crippen molar-refractivity contribution >= 4 is 55.3 Å². The molecule has 0 radical (unpaired) electrons. The van der Waals surface area contributed by atoms with Gasteiger partial charge in [-0.1, -0.05) is 131 Å². The number of fused-ring (bicyclic) bond motifs is 1. The minimum absolute atomic E-state index is 1.10. The van der Waals surface area contributed by atoms with Crippen molar-refractivity contribution in [3.05, 3.63) is 137 Å². The van der Waals surface area contributed by atoms with Gasteiger partial charge in [0.1, 0.15) is 0 Å². The van der Waals surface area contributed by atoms with Crippen molar-refractivity contribution in [2.45, 2.75) is 0 Å². The third kappa shape index (κ3) is 3.81. The molecule has 0 aliphatic carbocycles. The SMILES string of the molecule is Brc1ccc(P(=Cc2cccc3ccccc23)(c2ccccc2)c2ccccc2)cc1. The molecule has 0 aliphatic heterocycles. The predicted octanol–water partition coefficient (Wildman–Crippen LogP) is 6.75. The molecular formula is C29H22BrP. The van der Waals surface area contributed by atoms with Crippen LogP contribution in [0.5, 0.6) is 0 Å². The first-order valence-electron chi connectivity index (χ1n) is 10.4. The Labute approximate surface area is 192 Å². The van der Waals surface area contributed by atoms with Gasteiger partial charge in [-0.25, -0.2) is 0 Å². The zero-order chi connectivity index (χ0) is 21.1. The average molecular weight is 481 g/mol. The van der Waals surface area contributed by atoms with Gasteiger partial charge in [0.05, 0.1) is 0 Å². The summed E-state index contributed by atoms with van der Waals surface area (Å²) in [6.45, 7) is -2.05. The van der Waals surface area contributed by atoms with Crippen molar-refractivity contribution in [1.29, 1.82) is 0 Å². The molecule has 0 atom stereocenters. The summed E-state index contributed by atoms with van der Waals surface area (Å²) in [5.41, 5.74) is 1.28. The summed E-state index contributed by atoms with van der Waals surface area (Å²) in [5, 5.41) is 6.62. The molecule has 150 valence electrons. The largest absolute Gasteiger partial charge is 0.0622 e. The summed E-state index contributed by atoms with van der Waals surface area (Å²) in [4.78, 5) is 0. The average Bonchev–Trinajstić information content (AvgIpc) is 2.84. The van der Waals surface area contributed by atoms with E-state index in [1.807, 2.05) is 0 Å². The molecule has 2 heteroatoms. The predicted molar refractivity (Wildman–Crippen MR) is 142 cm³/mol. The molecule has 0 aliphatic rings. The molecule has 0 saturated carbocycles. The van der Waals surface area contributed by atoms with Crippen LogP contribution in [0.2, 0.25) is 0 Å². The van der Waals surface area contributed by atoms with Gasteiger partial charge < -0.3 is 0 Å². The highest BCUT2D eigenvalue weighted by Gasteiger charge is 2.25. The number of rotatable bonds is 4. The molecule has 31 heavy (non-hydrogen) atoms. The third-order valence-corrected chi connectivity index (χ3v) is 10.2. The van der Waals surface area contributed by atoms with Crippen LogP contribution < -0.4 is 15.9 Å². The van der Waals surface area contributed by atoms with Crippen LogP contribution in [0.15, 0.2) is 132 Å². The molecule has 0 unspecified atom stereocenters. The molecule has 5 rings (SSSR count). The second kappa shape index (κ2) is 8.71. The molecule has 0 bridgehead atoms. The van der Waals surface area contributed by atoms with Crippen LogP contribution in [0, 0.1) is 0 Å². The summed E-state index contributed by atoms with van der Waals surface area (Å²) in [6.07, 6.45) is 0. The summed E-state index contributed by atoms with van der Waals surface area (Å²) in [6, 6.07) is 46.1. The van der Waals surface area contributed by atoms with Gasteiger partial charge in [0.15, 0.2) is 0 Å². The maximum Gasteiger partial charge on any atom is 0.0175 e. The summed E-state index contributed by atoms with van der Waals surface area (Å²) >= 11 is 3.63. The van der Waals surface area contributed by atoms with Gasteiger partial charge in [-0.15, -0.1) is 0 Å². The minimum Gasteiger partial charge on any atom is -0.0622 e. The Morgan fingerprint density at radius 2 is 1.00 bits per heavy atom. The topological polar surface area (TPSA) is 0 Å². The molecule has 0 amide bonds. The van der Waals surface area contributed by atoms with Crippen LogP contribution in [0.3, 0.4) is 0 Å². The molecule has 0 saturated heterocycles. The van der Waals surface area contributed by atoms with E-state index in [4.69, 9.17) is 0 Å². The number of hydrogen-bond donors (Lipinski definition) is 0. The molecule has 0 heterocycles. The Balaban J connectivity index is 1.95. The lowest BCUT2D eigenvalue weighted by molar-refractivity contribution is 1.69. The minimum atomic E-state index is -2.05. The third-order valence-electron chi connectivity index (χ3n) is 5.72. The second-order valence-electron chi connectivity index (χ2n) is 7.57. The number of halogens is 1. The first kappa shape index (κ1) is 20.1. The van der Waals surface area contributed by atoms with Crippen LogP contribution in [0.25, 0.3) is 10.8 Å². The molecule has 0 fully saturated rings. The van der Waals surface area contributed by atoms with Gasteiger partial charge in [0.25, 0.3) is 0 Å². The molecule has 5 aromatic rings. The van der Waals surface area contributed by atoms with E-state index in [2.05, 4.69) is 149 Å². The quantitative estimate of drug-likeness (QED) is 0.249. The highest BCUT2D eigenvalue weighted by Crippen LogP contribution is 2.45. The fraction of sp³-hybridized carbons (Fsp3) is 0. The van der Waals surface area contributed by atoms with Crippen molar-refractivity contribution in [3.8, 4) is 0 Å². The monoisotopic (exact) mass is 480 g/mol. The molecule has 0 spiro atoms. The van der Waals surface area contributed by atoms with E-state index in [1.54, 1.807) is 0 Å². The summed E-state index contributed by atoms with van der Waals surface area (Å²) < 4.78 is 1.10. The van der Waals surface area contributed by atoms with Crippen LogP contribution >= 0.6 is 22.8 Å². The van der Waals surface area contributed by atoms with E-state index in [0.717, 1.165) is 4.47 Å². The molecular weight excluding hydrogens is 459 g/mol. The molecule has 5 aromatic carbocycles. The van der Waals surface area contributed by atoms with Crippen LogP contribution in [0.1, 0.15) is 5.56 Å². The highest BCUT2D eigenvalue weighted by molar-refractivity contribution is 9.10. The fourth-order valence-electron chi connectivity index (χ4n) is 4.24. The maximum absolute atomic E-state index is 3.63. The normalized spacial score (nSPS) is 11.4. The van der Waals surface area contributed by atoms with E-state index in [0.29, 0.717) is 0 Å². The van der Waals surface area contributed by atoms with Gasteiger partial charge in [-0.3, -0.25) is 0 Å². The van der Waals surface area contributed by atoms with Gasteiger partial charge in [-0.05, 0) is 57.1 Å². The Bertz CT molecular complexity index is 1320. The Morgan fingerprint density at radius 1 is 0.484 bits per heavy atom. The Morgan fingerprint density at radius 3 is 1.65 bits per heavy atom. The Kier molecular flexibility index (Phi) is 5.64. The lowest BCUT2D eigenvalue weighted by atomic mass is 10.1. The van der Waals surface area contributed by atoms with Crippen LogP contribution in [-0.4, -0.2) is 5.80 Å². The number of hydrogen-bond acceptors (Lipinski definition) is 0. The van der Waals surface area contributed by atoms with Crippen LogP contribution in [-0.2, 0) is 0 Å². The van der Waals surface area contributed by atoms with Crippen molar-refractivity contribution in [2.75, 3.05) is 0 Å². The van der Waals surface area contributed by atoms with Crippen LogP contribution in [0.4, 0.5) is 0 Å².